The van der Waals surface area contributed by atoms with E-state index in [1.807, 2.05) is 40.7 Å². The highest BCUT2D eigenvalue weighted by molar-refractivity contribution is 7.12. The van der Waals surface area contributed by atoms with Crippen molar-refractivity contribution in [2.75, 3.05) is 13.1 Å². The molecule has 1 aliphatic heterocycles. The Morgan fingerprint density at radius 3 is 2.68 bits per heavy atom. The Morgan fingerprint density at radius 2 is 2.04 bits per heavy atom. The Morgan fingerprint density at radius 1 is 1.16 bits per heavy atom. The van der Waals surface area contributed by atoms with Crippen molar-refractivity contribution in [2.24, 2.45) is 0 Å². The van der Waals surface area contributed by atoms with Crippen molar-refractivity contribution in [2.45, 2.75) is 18.9 Å². The van der Waals surface area contributed by atoms with Crippen LogP contribution in [-0.2, 0) is 0 Å². The van der Waals surface area contributed by atoms with Gasteiger partial charge in [0, 0.05) is 44.4 Å². The van der Waals surface area contributed by atoms with Crippen LogP contribution in [-0.4, -0.2) is 50.0 Å². The van der Waals surface area contributed by atoms with Gasteiger partial charge in [0.1, 0.15) is 6.10 Å². The van der Waals surface area contributed by atoms with E-state index in [2.05, 4.69) is 15.3 Å². The van der Waals surface area contributed by atoms with Gasteiger partial charge in [0.15, 0.2) is 5.82 Å². The van der Waals surface area contributed by atoms with Crippen LogP contribution in [0.1, 0.15) is 22.5 Å². The molecule has 3 aromatic heterocycles. The van der Waals surface area contributed by atoms with E-state index >= 15 is 0 Å². The normalized spacial score (nSPS) is 15.3. The average Bonchev–Trinajstić information content (AvgIpc) is 3.36. The first kappa shape index (κ1) is 15.8. The van der Waals surface area contributed by atoms with Crippen molar-refractivity contribution < 1.29 is 9.53 Å². The minimum absolute atomic E-state index is 0.0530. The molecule has 0 spiro atoms. The molecule has 0 saturated carbocycles. The summed E-state index contributed by atoms with van der Waals surface area (Å²) in [5.74, 6) is 1.25. The average molecular weight is 355 g/mol. The molecule has 128 valence electrons. The predicted octanol–water partition coefficient (Wildman–Crippen LogP) is 2.41. The van der Waals surface area contributed by atoms with Crippen LogP contribution in [0, 0.1) is 0 Å². The molecule has 25 heavy (non-hydrogen) atoms. The minimum Gasteiger partial charge on any atom is -0.473 e. The zero-order valence-corrected chi connectivity index (χ0v) is 14.3. The van der Waals surface area contributed by atoms with E-state index in [-0.39, 0.29) is 12.0 Å². The highest BCUT2D eigenvalue weighted by Crippen LogP contribution is 2.20. The number of aromatic nitrogens is 4. The number of carbonyl (C=O) groups excluding carboxylic acids is 1. The maximum Gasteiger partial charge on any atom is 0.263 e. The van der Waals surface area contributed by atoms with E-state index in [4.69, 9.17) is 4.74 Å². The van der Waals surface area contributed by atoms with Gasteiger partial charge >= 0.3 is 0 Å². The second-order valence-corrected chi connectivity index (χ2v) is 6.71. The molecule has 4 heterocycles. The molecular formula is C17H17N5O2S. The zero-order valence-electron chi connectivity index (χ0n) is 13.5. The summed E-state index contributed by atoms with van der Waals surface area (Å²) in [6.45, 7) is 1.39. The third-order valence-corrected chi connectivity index (χ3v) is 4.97. The monoisotopic (exact) mass is 355 g/mol. The van der Waals surface area contributed by atoms with Crippen LogP contribution >= 0.6 is 11.3 Å². The van der Waals surface area contributed by atoms with Crippen LogP contribution < -0.4 is 4.74 Å². The van der Waals surface area contributed by atoms with Gasteiger partial charge < -0.3 is 9.64 Å². The van der Waals surface area contributed by atoms with Crippen LogP contribution in [0.25, 0.3) is 5.82 Å². The van der Waals surface area contributed by atoms with Crippen molar-refractivity contribution in [3.63, 3.8) is 0 Å². The van der Waals surface area contributed by atoms with Crippen molar-refractivity contribution in [1.82, 2.24) is 24.9 Å². The molecule has 0 bridgehead atoms. The van der Waals surface area contributed by atoms with E-state index in [1.54, 1.807) is 16.9 Å². The summed E-state index contributed by atoms with van der Waals surface area (Å²) < 4.78 is 7.55. The highest BCUT2D eigenvalue weighted by atomic mass is 32.1. The molecule has 4 rings (SSSR count). The fraction of sp³-hybridized carbons (Fsp3) is 0.294. The molecule has 0 aliphatic carbocycles. The van der Waals surface area contributed by atoms with Crippen LogP contribution in [0.4, 0.5) is 0 Å². The number of ether oxygens (including phenoxy) is 1. The Bertz CT molecular complexity index is 809. The van der Waals surface area contributed by atoms with Crippen molar-refractivity contribution in [3.05, 3.63) is 53.0 Å². The fourth-order valence-electron chi connectivity index (χ4n) is 2.81. The standard InChI is InChI=1S/C17H17N5O2S/c23-17(14-3-1-12-25-14)21-10-6-13(7-11-21)24-16-5-4-15(19-20-16)22-9-2-8-18-22/h1-5,8-9,12-13H,6-7,10-11H2. The number of piperidine rings is 1. The number of carbonyl (C=O) groups is 1. The second-order valence-electron chi connectivity index (χ2n) is 5.77. The third-order valence-electron chi connectivity index (χ3n) is 4.11. The summed E-state index contributed by atoms with van der Waals surface area (Å²) in [5, 5.41) is 14.3. The number of rotatable bonds is 4. The Labute approximate surface area is 148 Å². The zero-order chi connectivity index (χ0) is 17.1. The van der Waals surface area contributed by atoms with Gasteiger partial charge in [-0.1, -0.05) is 6.07 Å². The highest BCUT2D eigenvalue weighted by Gasteiger charge is 2.25. The van der Waals surface area contributed by atoms with Crippen LogP contribution in [0.3, 0.4) is 0 Å². The largest absolute Gasteiger partial charge is 0.473 e. The van der Waals surface area contributed by atoms with Gasteiger partial charge in [-0.2, -0.15) is 5.10 Å². The first-order valence-corrected chi connectivity index (χ1v) is 9.01. The third kappa shape index (κ3) is 3.53. The van der Waals surface area contributed by atoms with E-state index in [0.29, 0.717) is 24.8 Å². The molecular weight excluding hydrogens is 338 g/mol. The lowest BCUT2D eigenvalue weighted by Gasteiger charge is -2.31. The summed E-state index contributed by atoms with van der Waals surface area (Å²) in [5.41, 5.74) is 0. The van der Waals surface area contributed by atoms with Gasteiger partial charge in [-0.3, -0.25) is 4.79 Å². The molecule has 7 nitrogen and oxygen atoms in total. The van der Waals surface area contributed by atoms with Crippen LogP contribution in [0.2, 0.25) is 0 Å². The first-order valence-electron chi connectivity index (χ1n) is 8.13. The summed E-state index contributed by atoms with van der Waals surface area (Å²) >= 11 is 1.48. The Hall–Kier alpha value is -2.74. The Kier molecular flexibility index (Phi) is 4.43. The molecule has 0 unspecified atom stereocenters. The van der Waals surface area contributed by atoms with Gasteiger partial charge in [-0.15, -0.1) is 21.5 Å². The van der Waals surface area contributed by atoms with Gasteiger partial charge in [-0.05, 0) is 23.6 Å². The molecule has 0 N–H and O–H groups in total. The summed E-state index contributed by atoms with van der Waals surface area (Å²) in [7, 11) is 0. The van der Waals surface area contributed by atoms with Crippen molar-refractivity contribution >= 4 is 17.2 Å². The maximum atomic E-state index is 12.3. The van der Waals surface area contributed by atoms with E-state index in [1.165, 1.54) is 11.3 Å². The smallest absolute Gasteiger partial charge is 0.263 e. The number of hydrogen-bond donors (Lipinski definition) is 0. The second kappa shape index (κ2) is 7.02. The lowest BCUT2D eigenvalue weighted by Crippen LogP contribution is -2.41. The lowest BCUT2D eigenvalue weighted by atomic mass is 10.1. The number of hydrogen-bond acceptors (Lipinski definition) is 6. The molecule has 8 heteroatoms. The maximum absolute atomic E-state index is 12.3. The topological polar surface area (TPSA) is 73.1 Å². The van der Waals surface area contributed by atoms with Gasteiger partial charge in [0.05, 0.1) is 4.88 Å². The van der Waals surface area contributed by atoms with Crippen LogP contribution in [0.5, 0.6) is 5.88 Å². The van der Waals surface area contributed by atoms with Gasteiger partial charge in [0.2, 0.25) is 5.88 Å². The summed E-state index contributed by atoms with van der Waals surface area (Å²) in [6.07, 6.45) is 5.14. The van der Waals surface area contributed by atoms with E-state index in [9.17, 15) is 4.79 Å². The number of nitrogens with zero attached hydrogens (tertiary/aromatic N) is 5. The van der Waals surface area contributed by atoms with E-state index in [0.717, 1.165) is 17.7 Å². The number of amides is 1. The predicted molar refractivity (Wildman–Crippen MR) is 93.0 cm³/mol. The SMILES string of the molecule is O=C(c1cccs1)N1CCC(Oc2ccc(-n3cccn3)nn2)CC1. The molecule has 3 aromatic rings. The molecule has 1 saturated heterocycles. The molecule has 1 amide bonds. The lowest BCUT2D eigenvalue weighted by molar-refractivity contribution is 0.0590. The van der Waals surface area contributed by atoms with Gasteiger partial charge in [0.25, 0.3) is 5.91 Å². The first-order chi connectivity index (χ1) is 12.3. The number of likely N-dealkylation sites (tertiary alicyclic amines) is 1. The summed E-state index contributed by atoms with van der Waals surface area (Å²) in [4.78, 5) is 15.0. The fourth-order valence-corrected chi connectivity index (χ4v) is 3.50. The number of thiophene rings is 1. The molecule has 1 aliphatic rings. The quantitative estimate of drug-likeness (QED) is 0.718. The van der Waals surface area contributed by atoms with E-state index < -0.39 is 0 Å². The summed E-state index contributed by atoms with van der Waals surface area (Å²) in [6, 6.07) is 9.22. The molecule has 0 radical (unpaired) electrons. The van der Waals surface area contributed by atoms with Crippen molar-refractivity contribution in [1.29, 1.82) is 0 Å². The molecule has 1 fully saturated rings. The molecule has 0 aromatic carbocycles. The van der Waals surface area contributed by atoms with Crippen molar-refractivity contribution in [3.8, 4) is 11.7 Å². The minimum atomic E-state index is 0.0530. The Balaban J connectivity index is 1.32. The van der Waals surface area contributed by atoms with Gasteiger partial charge in [-0.25, -0.2) is 4.68 Å². The molecule has 0 atom stereocenters. The van der Waals surface area contributed by atoms with Crippen LogP contribution in [0.15, 0.2) is 48.1 Å².